The van der Waals surface area contributed by atoms with Crippen LogP contribution in [0.25, 0.3) is 74.8 Å². The Labute approximate surface area is 295 Å². The molecule has 0 amide bonds. The summed E-state index contributed by atoms with van der Waals surface area (Å²) in [5, 5.41) is 4.14. The highest BCUT2D eigenvalue weighted by atomic mass is 32.1. The van der Waals surface area contributed by atoms with Crippen LogP contribution < -0.4 is 4.90 Å². The van der Waals surface area contributed by atoms with E-state index in [4.69, 9.17) is 19.4 Å². The Balaban J connectivity index is 1.02. The molecule has 0 bridgehead atoms. The standard InChI is InChI=1S/C43H26N4OS2/c1-4-10-38-33(7-1)34-26-44-37(25-39(34)48-38)27-13-19-30(20-14-27)47(31-21-15-28(16-22-31)42-45-35-8-2-5-11-40(35)49-42)32-23-17-29(18-24-32)43-46-36-9-3-6-12-41(36)50-43/h1-26H. The van der Waals surface area contributed by atoms with Crippen LogP contribution in [0, 0.1) is 0 Å². The van der Waals surface area contributed by atoms with Crippen molar-refractivity contribution in [2.45, 2.75) is 0 Å². The van der Waals surface area contributed by atoms with Crippen LogP contribution in [0.15, 0.2) is 162 Å². The molecule has 10 aromatic rings. The lowest BCUT2D eigenvalue weighted by Crippen LogP contribution is -2.09. The first-order valence-electron chi connectivity index (χ1n) is 16.3. The van der Waals surface area contributed by atoms with Crippen molar-refractivity contribution >= 4 is 82.1 Å². The van der Waals surface area contributed by atoms with Gasteiger partial charge in [0.05, 0.1) is 26.1 Å². The van der Waals surface area contributed by atoms with E-state index in [1.165, 1.54) is 9.40 Å². The Morgan fingerprint density at radius 2 is 0.960 bits per heavy atom. The van der Waals surface area contributed by atoms with Crippen molar-refractivity contribution in [2.24, 2.45) is 0 Å². The number of aromatic nitrogens is 3. The Kier molecular flexibility index (Phi) is 6.79. The number of pyridine rings is 1. The summed E-state index contributed by atoms with van der Waals surface area (Å²) in [7, 11) is 0. The van der Waals surface area contributed by atoms with Crippen LogP contribution in [-0.2, 0) is 0 Å². The molecule has 10 rings (SSSR count). The van der Waals surface area contributed by atoms with E-state index in [-0.39, 0.29) is 0 Å². The van der Waals surface area contributed by atoms with Crippen LogP contribution in [0.3, 0.4) is 0 Å². The molecule has 0 N–H and O–H groups in total. The number of hydrogen-bond acceptors (Lipinski definition) is 7. The molecule has 6 aromatic carbocycles. The Bertz CT molecular complexity index is 2630. The number of rotatable bonds is 6. The maximum atomic E-state index is 6.15. The Morgan fingerprint density at radius 3 is 1.52 bits per heavy atom. The second-order valence-corrected chi connectivity index (χ2v) is 14.2. The summed E-state index contributed by atoms with van der Waals surface area (Å²) in [5.74, 6) is 0. The van der Waals surface area contributed by atoms with E-state index in [9.17, 15) is 0 Å². The SMILES string of the molecule is c1ccc2sc(-c3ccc(N(c4ccc(-c5cc6oc7ccccc7c6cn5)cc4)c4ccc(-c5nc6ccccc6s5)cc4)cc3)nc2c1. The van der Waals surface area contributed by atoms with Crippen LogP contribution in [0.1, 0.15) is 0 Å². The lowest BCUT2D eigenvalue weighted by atomic mass is 10.1. The van der Waals surface area contributed by atoms with Crippen LogP contribution >= 0.6 is 22.7 Å². The fourth-order valence-corrected chi connectivity index (χ4v) is 8.45. The summed E-state index contributed by atoms with van der Waals surface area (Å²) in [5.41, 5.74) is 11.0. The van der Waals surface area contributed by atoms with Gasteiger partial charge in [0.25, 0.3) is 0 Å². The average Bonchev–Trinajstić information content (AvgIpc) is 3.91. The first kappa shape index (κ1) is 28.8. The minimum atomic E-state index is 0.836. The smallest absolute Gasteiger partial charge is 0.139 e. The molecule has 0 aliphatic carbocycles. The van der Waals surface area contributed by atoms with Crippen molar-refractivity contribution in [3.63, 3.8) is 0 Å². The van der Waals surface area contributed by atoms with E-state index in [1.54, 1.807) is 22.7 Å². The van der Waals surface area contributed by atoms with Gasteiger partial charge in [0.2, 0.25) is 0 Å². The van der Waals surface area contributed by atoms with Crippen molar-refractivity contribution in [3.8, 4) is 32.4 Å². The number of para-hydroxylation sites is 3. The third-order valence-corrected chi connectivity index (χ3v) is 11.2. The monoisotopic (exact) mass is 678 g/mol. The van der Waals surface area contributed by atoms with Crippen LogP contribution in [0.4, 0.5) is 17.1 Å². The summed E-state index contributed by atoms with van der Waals surface area (Å²) < 4.78 is 8.53. The first-order chi connectivity index (χ1) is 24.7. The van der Waals surface area contributed by atoms with Crippen LogP contribution in [0.5, 0.6) is 0 Å². The van der Waals surface area contributed by atoms with Gasteiger partial charge in [-0.15, -0.1) is 22.7 Å². The summed E-state index contributed by atoms with van der Waals surface area (Å²) in [6.45, 7) is 0. The Hall–Kier alpha value is -6.15. The molecule has 0 spiro atoms. The number of anilines is 3. The molecule has 7 heteroatoms. The van der Waals surface area contributed by atoms with Gasteiger partial charge in [-0.2, -0.15) is 0 Å². The van der Waals surface area contributed by atoms with E-state index in [1.807, 2.05) is 42.6 Å². The summed E-state index contributed by atoms with van der Waals surface area (Å²) in [6.07, 6.45) is 1.91. The molecule has 4 aromatic heterocycles. The maximum Gasteiger partial charge on any atom is 0.139 e. The Morgan fingerprint density at radius 1 is 0.460 bits per heavy atom. The minimum absolute atomic E-state index is 0.836. The van der Waals surface area contributed by atoms with Crippen LogP contribution in [0.2, 0.25) is 0 Å². The molecule has 0 radical (unpaired) electrons. The third-order valence-electron chi connectivity index (χ3n) is 9.02. The van der Waals surface area contributed by atoms with Crippen LogP contribution in [-0.4, -0.2) is 15.0 Å². The van der Waals surface area contributed by atoms with E-state index in [0.717, 1.165) is 82.4 Å². The van der Waals surface area contributed by atoms with Gasteiger partial charge in [-0.3, -0.25) is 4.98 Å². The van der Waals surface area contributed by atoms with Gasteiger partial charge < -0.3 is 9.32 Å². The van der Waals surface area contributed by atoms with Gasteiger partial charge in [0.15, 0.2) is 0 Å². The second kappa shape index (κ2) is 11.8. The van der Waals surface area contributed by atoms with Gasteiger partial charge in [-0.25, -0.2) is 9.97 Å². The largest absolute Gasteiger partial charge is 0.456 e. The zero-order valence-electron chi connectivity index (χ0n) is 26.5. The van der Waals surface area contributed by atoms with Crippen molar-refractivity contribution < 1.29 is 4.42 Å². The fourth-order valence-electron chi connectivity index (χ4n) is 6.50. The van der Waals surface area contributed by atoms with Gasteiger partial charge in [0.1, 0.15) is 21.2 Å². The van der Waals surface area contributed by atoms with E-state index in [2.05, 4.69) is 120 Å². The van der Waals surface area contributed by atoms with Gasteiger partial charge in [-0.1, -0.05) is 54.6 Å². The third kappa shape index (κ3) is 5.03. The molecule has 0 aliphatic heterocycles. The summed E-state index contributed by atoms with van der Waals surface area (Å²) >= 11 is 3.43. The lowest BCUT2D eigenvalue weighted by Gasteiger charge is -2.26. The van der Waals surface area contributed by atoms with Crippen molar-refractivity contribution in [3.05, 3.63) is 158 Å². The number of fused-ring (bicyclic) bond motifs is 5. The van der Waals surface area contributed by atoms with Crippen molar-refractivity contribution in [1.82, 2.24) is 15.0 Å². The highest BCUT2D eigenvalue weighted by Crippen LogP contribution is 2.40. The molecule has 0 saturated carbocycles. The van der Waals surface area contributed by atoms with Gasteiger partial charge >= 0.3 is 0 Å². The number of nitrogens with zero attached hydrogens (tertiary/aromatic N) is 4. The number of benzene rings is 6. The minimum Gasteiger partial charge on any atom is -0.456 e. The predicted molar refractivity (Wildman–Crippen MR) is 209 cm³/mol. The quantitative estimate of drug-likeness (QED) is 0.175. The molecule has 4 heterocycles. The molecule has 0 saturated heterocycles. The number of hydrogen-bond donors (Lipinski definition) is 0. The second-order valence-electron chi connectivity index (χ2n) is 12.1. The molecule has 0 fully saturated rings. The number of furan rings is 1. The summed E-state index contributed by atoms with van der Waals surface area (Å²) in [6, 6.07) is 52.6. The average molecular weight is 679 g/mol. The maximum absolute atomic E-state index is 6.15. The molecule has 50 heavy (non-hydrogen) atoms. The van der Waals surface area contributed by atoms with E-state index < -0.39 is 0 Å². The molecular weight excluding hydrogens is 653 g/mol. The number of thiazole rings is 2. The van der Waals surface area contributed by atoms with E-state index in [0.29, 0.717) is 0 Å². The topological polar surface area (TPSA) is 55.1 Å². The lowest BCUT2D eigenvalue weighted by molar-refractivity contribution is 0.668. The highest BCUT2D eigenvalue weighted by molar-refractivity contribution is 7.22. The zero-order valence-corrected chi connectivity index (χ0v) is 28.2. The fraction of sp³-hybridized carbons (Fsp3) is 0. The van der Waals surface area contributed by atoms with Crippen molar-refractivity contribution in [2.75, 3.05) is 4.90 Å². The zero-order chi connectivity index (χ0) is 33.0. The molecule has 0 atom stereocenters. The molecule has 0 aliphatic rings. The predicted octanol–water partition coefficient (Wildman–Crippen LogP) is 12.7. The van der Waals surface area contributed by atoms with Gasteiger partial charge in [-0.05, 0) is 91.0 Å². The van der Waals surface area contributed by atoms with Gasteiger partial charge in [0, 0.05) is 56.8 Å². The molecule has 0 unspecified atom stereocenters. The van der Waals surface area contributed by atoms with E-state index >= 15 is 0 Å². The first-order valence-corrected chi connectivity index (χ1v) is 18.0. The molecular formula is C43H26N4OS2. The normalized spacial score (nSPS) is 11.6. The molecule has 236 valence electrons. The van der Waals surface area contributed by atoms with Crippen molar-refractivity contribution in [1.29, 1.82) is 0 Å². The molecule has 5 nitrogen and oxygen atoms in total. The summed E-state index contributed by atoms with van der Waals surface area (Å²) in [4.78, 5) is 16.9. The highest BCUT2D eigenvalue weighted by Gasteiger charge is 2.16.